The van der Waals surface area contributed by atoms with Crippen molar-refractivity contribution in [1.82, 2.24) is 4.98 Å². The number of fused-ring (bicyclic) bond motifs is 1. The van der Waals surface area contributed by atoms with Gasteiger partial charge in [-0.1, -0.05) is 12.1 Å². The monoisotopic (exact) mass is 399 g/mol. The van der Waals surface area contributed by atoms with Gasteiger partial charge in [0.1, 0.15) is 5.52 Å². The zero-order valence-corrected chi connectivity index (χ0v) is 12.7. The van der Waals surface area contributed by atoms with E-state index in [1.807, 2.05) is 0 Å². The maximum atomic E-state index is 13.9. The molecular weight excluding hydrogens is 391 g/mol. The number of hydrogen-bond acceptors (Lipinski definition) is 4. The van der Waals surface area contributed by atoms with E-state index >= 15 is 0 Å². The molecule has 0 bridgehead atoms. The van der Waals surface area contributed by atoms with E-state index in [-0.39, 0.29) is 5.58 Å². The second-order valence-electron chi connectivity index (χ2n) is 4.20. The fourth-order valence-corrected chi connectivity index (χ4v) is 2.03. The minimum atomic E-state index is -3.61. The van der Waals surface area contributed by atoms with Gasteiger partial charge in [0.25, 0.3) is 5.89 Å². The Kier molecular flexibility index (Phi) is 3.66. The number of oxazole rings is 1. The molecule has 0 unspecified atom stereocenters. The SMILES string of the molecule is FC(F)(N=Nc1ccc(I)cc1)c1nc2ccccc2o1. The molecule has 3 rings (SSSR count). The van der Waals surface area contributed by atoms with E-state index in [1.54, 1.807) is 48.5 Å². The average Bonchev–Trinajstić information content (AvgIpc) is 2.91. The topological polar surface area (TPSA) is 50.8 Å². The Hall–Kier alpha value is -1.90. The number of benzene rings is 2. The van der Waals surface area contributed by atoms with Crippen molar-refractivity contribution in [3.8, 4) is 0 Å². The van der Waals surface area contributed by atoms with E-state index in [2.05, 4.69) is 37.8 Å². The van der Waals surface area contributed by atoms with Crippen molar-refractivity contribution in [1.29, 1.82) is 0 Å². The number of rotatable bonds is 3. The molecule has 21 heavy (non-hydrogen) atoms. The summed E-state index contributed by atoms with van der Waals surface area (Å²) in [6.45, 7) is 0. The summed E-state index contributed by atoms with van der Waals surface area (Å²) in [6, 6.07) is 9.65. The maximum Gasteiger partial charge on any atom is 0.436 e. The molecule has 0 fully saturated rings. The summed E-state index contributed by atoms with van der Waals surface area (Å²) in [5.74, 6) is -0.766. The molecule has 0 saturated carbocycles. The first kappa shape index (κ1) is 14.1. The molecule has 0 aliphatic carbocycles. The van der Waals surface area contributed by atoms with E-state index in [0.29, 0.717) is 11.2 Å². The minimum Gasteiger partial charge on any atom is -0.433 e. The summed E-state index contributed by atoms with van der Waals surface area (Å²) in [7, 11) is 0. The predicted octanol–water partition coefficient (Wildman–Crippen LogP) is 5.27. The summed E-state index contributed by atoms with van der Waals surface area (Å²) >= 11 is 2.11. The molecule has 1 heterocycles. The third-order valence-electron chi connectivity index (χ3n) is 2.67. The standard InChI is InChI=1S/C14H8F2IN3O/c15-14(16,20-19-10-7-5-9(17)6-8-10)13-18-11-3-1-2-4-12(11)21-13/h1-8H. The molecule has 0 saturated heterocycles. The Morgan fingerprint density at radius 1 is 1.05 bits per heavy atom. The summed E-state index contributed by atoms with van der Waals surface area (Å²) in [6.07, 6.45) is 0. The van der Waals surface area contributed by atoms with Gasteiger partial charge in [-0.3, -0.25) is 0 Å². The van der Waals surface area contributed by atoms with Crippen LogP contribution in [0.3, 0.4) is 0 Å². The van der Waals surface area contributed by atoms with Crippen molar-refractivity contribution in [2.75, 3.05) is 0 Å². The molecular formula is C14H8F2IN3O. The van der Waals surface area contributed by atoms with Gasteiger partial charge in [0.05, 0.1) is 5.69 Å². The maximum absolute atomic E-state index is 13.9. The van der Waals surface area contributed by atoms with Gasteiger partial charge in [-0.2, -0.15) is 8.78 Å². The van der Waals surface area contributed by atoms with Crippen LogP contribution in [0, 0.1) is 3.57 Å². The molecule has 0 aliphatic rings. The Labute approximate surface area is 132 Å². The summed E-state index contributed by atoms with van der Waals surface area (Å²) in [5, 5.41) is 6.59. The first-order chi connectivity index (χ1) is 10.0. The lowest BCUT2D eigenvalue weighted by Gasteiger charge is -2.03. The third-order valence-corrected chi connectivity index (χ3v) is 3.39. The highest BCUT2D eigenvalue weighted by atomic mass is 127. The van der Waals surface area contributed by atoms with Crippen LogP contribution < -0.4 is 0 Å². The van der Waals surface area contributed by atoms with E-state index in [4.69, 9.17) is 4.42 Å². The van der Waals surface area contributed by atoms with Crippen molar-refractivity contribution in [3.63, 3.8) is 0 Å². The normalized spacial score (nSPS) is 12.3. The number of para-hydroxylation sites is 2. The first-order valence-corrected chi connectivity index (χ1v) is 7.05. The number of alkyl halides is 2. The average molecular weight is 399 g/mol. The van der Waals surface area contributed by atoms with Crippen molar-refractivity contribution in [3.05, 3.63) is 58.0 Å². The number of azo groups is 1. The largest absolute Gasteiger partial charge is 0.436 e. The van der Waals surface area contributed by atoms with Crippen molar-refractivity contribution in [2.45, 2.75) is 6.05 Å². The van der Waals surface area contributed by atoms with E-state index in [9.17, 15) is 8.78 Å². The summed E-state index contributed by atoms with van der Waals surface area (Å²) in [4.78, 5) is 3.74. The van der Waals surface area contributed by atoms with Crippen LogP contribution in [-0.2, 0) is 6.05 Å². The molecule has 0 aliphatic heterocycles. The van der Waals surface area contributed by atoms with Crippen LogP contribution in [0.1, 0.15) is 5.89 Å². The van der Waals surface area contributed by atoms with Crippen LogP contribution in [0.15, 0.2) is 63.2 Å². The van der Waals surface area contributed by atoms with Gasteiger partial charge < -0.3 is 4.42 Å². The van der Waals surface area contributed by atoms with Gasteiger partial charge in [0, 0.05) is 3.57 Å². The summed E-state index contributed by atoms with van der Waals surface area (Å²) in [5.41, 5.74) is 0.986. The Morgan fingerprint density at radius 2 is 1.76 bits per heavy atom. The van der Waals surface area contributed by atoms with Crippen LogP contribution in [0.25, 0.3) is 11.1 Å². The van der Waals surface area contributed by atoms with Crippen LogP contribution in [0.2, 0.25) is 0 Å². The highest BCUT2D eigenvalue weighted by Gasteiger charge is 2.38. The van der Waals surface area contributed by atoms with Crippen LogP contribution >= 0.6 is 22.6 Å². The molecule has 106 valence electrons. The smallest absolute Gasteiger partial charge is 0.433 e. The van der Waals surface area contributed by atoms with Gasteiger partial charge in [-0.15, -0.1) is 10.2 Å². The molecule has 1 aromatic heterocycles. The van der Waals surface area contributed by atoms with Gasteiger partial charge in [-0.25, -0.2) is 4.98 Å². The van der Waals surface area contributed by atoms with Gasteiger partial charge in [0.15, 0.2) is 5.58 Å². The highest BCUT2D eigenvalue weighted by molar-refractivity contribution is 14.1. The molecule has 0 amide bonds. The van der Waals surface area contributed by atoms with Crippen LogP contribution in [0.5, 0.6) is 0 Å². The fourth-order valence-electron chi connectivity index (χ4n) is 1.67. The lowest BCUT2D eigenvalue weighted by Crippen LogP contribution is -2.09. The van der Waals surface area contributed by atoms with E-state index < -0.39 is 11.9 Å². The quantitative estimate of drug-likeness (QED) is 0.343. The molecule has 0 spiro atoms. The van der Waals surface area contributed by atoms with Gasteiger partial charge in [0.2, 0.25) is 0 Å². The Balaban J connectivity index is 1.90. The Bertz CT molecular complexity index is 766. The zero-order valence-electron chi connectivity index (χ0n) is 10.5. The molecule has 4 nitrogen and oxygen atoms in total. The molecule has 2 aromatic carbocycles. The van der Waals surface area contributed by atoms with Crippen LogP contribution in [0.4, 0.5) is 14.5 Å². The molecule has 0 N–H and O–H groups in total. The molecule has 3 aromatic rings. The van der Waals surface area contributed by atoms with Crippen molar-refractivity contribution >= 4 is 39.4 Å². The predicted molar refractivity (Wildman–Crippen MR) is 81.6 cm³/mol. The summed E-state index contributed by atoms with van der Waals surface area (Å²) < 4.78 is 33.9. The van der Waals surface area contributed by atoms with Gasteiger partial charge in [-0.05, 0) is 59.0 Å². The number of aromatic nitrogens is 1. The third kappa shape index (κ3) is 3.07. The van der Waals surface area contributed by atoms with Crippen LogP contribution in [-0.4, -0.2) is 4.98 Å². The van der Waals surface area contributed by atoms with E-state index in [0.717, 1.165) is 3.57 Å². The van der Waals surface area contributed by atoms with Crippen molar-refractivity contribution < 1.29 is 13.2 Å². The minimum absolute atomic E-state index is 0.289. The lowest BCUT2D eigenvalue weighted by molar-refractivity contribution is -0.0271. The zero-order chi connectivity index (χ0) is 14.9. The fraction of sp³-hybridized carbons (Fsp3) is 0.0714. The number of hydrogen-bond donors (Lipinski definition) is 0. The molecule has 0 atom stereocenters. The lowest BCUT2D eigenvalue weighted by atomic mass is 10.3. The second kappa shape index (κ2) is 5.47. The highest BCUT2D eigenvalue weighted by Crippen LogP contribution is 2.32. The first-order valence-electron chi connectivity index (χ1n) is 5.97. The van der Waals surface area contributed by atoms with Crippen molar-refractivity contribution in [2.24, 2.45) is 10.2 Å². The van der Waals surface area contributed by atoms with E-state index in [1.165, 1.54) is 0 Å². The Morgan fingerprint density at radius 3 is 2.48 bits per heavy atom. The molecule has 0 radical (unpaired) electrons. The second-order valence-corrected chi connectivity index (χ2v) is 5.45. The van der Waals surface area contributed by atoms with Gasteiger partial charge >= 0.3 is 6.05 Å². The number of nitrogens with zero attached hydrogens (tertiary/aromatic N) is 3. The number of halogens is 3. The molecule has 7 heteroatoms.